The third-order valence-electron chi connectivity index (χ3n) is 5.80. The van der Waals surface area contributed by atoms with Gasteiger partial charge in [-0.3, -0.25) is 9.69 Å². The Balaban J connectivity index is 2.55. The second-order valence-electron chi connectivity index (χ2n) is 7.93. The number of nitrogens with zero attached hydrogens (tertiary/aromatic N) is 2. The van der Waals surface area contributed by atoms with Crippen LogP contribution in [0, 0.1) is 0 Å². The van der Waals surface area contributed by atoms with Gasteiger partial charge < -0.3 is 4.90 Å². The Morgan fingerprint density at radius 3 is 1.96 bits per heavy atom. The van der Waals surface area contributed by atoms with Crippen molar-refractivity contribution in [2.45, 2.75) is 97.4 Å². The quantitative estimate of drug-likeness (QED) is 0.347. The topological polar surface area (TPSA) is 23.6 Å². The number of unbranched alkanes of at least 4 members (excludes halogenated alkanes) is 6. The SMILES string of the molecule is C/C=C/C(=O)N1CCN(C(C)(CCCCC)CCCCCCC)CC1. The Bertz CT molecular complexity index is 385. The van der Waals surface area contributed by atoms with Crippen molar-refractivity contribution in [3.8, 4) is 0 Å². The van der Waals surface area contributed by atoms with Gasteiger partial charge in [0.05, 0.1) is 0 Å². The standard InChI is InChI=1S/C22H42N2O/c1-5-8-10-11-13-16-22(4,15-12-9-6-2)24-19-17-23(18-20-24)21(25)14-7-3/h7,14H,5-6,8-13,15-20H2,1-4H3/b14-7+. The van der Waals surface area contributed by atoms with Gasteiger partial charge >= 0.3 is 0 Å². The molecular weight excluding hydrogens is 308 g/mol. The monoisotopic (exact) mass is 350 g/mol. The second-order valence-corrected chi connectivity index (χ2v) is 7.93. The van der Waals surface area contributed by atoms with Gasteiger partial charge in [-0.15, -0.1) is 0 Å². The van der Waals surface area contributed by atoms with Gasteiger partial charge in [0.25, 0.3) is 0 Å². The van der Waals surface area contributed by atoms with Crippen molar-refractivity contribution in [1.29, 1.82) is 0 Å². The van der Waals surface area contributed by atoms with E-state index in [9.17, 15) is 4.79 Å². The molecule has 1 aliphatic rings. The molecular formula is C22H42N2O. The molecule has 0 bridgehead atoms. The third-order valence-corrected chi connectivity index (χ3v) is 5.80. The van der Waals surface area contributed by atoms with Gasteiger partial charge in [0.1, 0.15) is 0 Å². The highest BCUT2D eigenvalue weighted by Gasteiger charge is 2.33. The van der Waals surface area contributed by atoms with E-state index in [-0.39, 0.29) is 5.91 Å². The Morgan fingerprint density at radius 2 is 1.40 bits per heavy atom. The highest BCUT2D eigenvalue weighted by Crippen LogP contribution is 2.30. The van der Waals surface area contributed by atoms with Crippen molar-refractivity contribution in [2.75, 3.05) is 26.2 Å². The Morgan fingerprint density at radius 1 is 0.880 bits per heavy atom. The van der Waals surface area contributed by atoms with Crippen molar-refractivity contribution >= 4 is 5.91 Å². The zero-order valence-electron chi connectivity index (χ0n) is 17.4. The van der Waals surface area contributed by atoms with Gasteiger partial charge in [0, 0.05) is 31.7 Å². The second kappa shape index (κ2) is 12.5. The highest BCUT2D eigenvalue weighted by atomic mass is 16.2. The van der Waals surface area contributed by atoms with E-state index < -0.39 is 0 Å². The molecule has 146 valence electrons. The van der Waals surface area contributed by atoms with Gasteiger partial charge in [0.15, 0.2) is 0 Å². The molecule has 25 heavy (non-hydrogen) atoms. The average molecular weight is 351 g/mol. The Kier molecular flexibility index (Phi) is 11.1. The van der Waals surface area contributed by atoms with Gasteiger partial charge in [-0.05, 0) is 32.8 Å². The Labute approximate surface area is 156 Å². The third kappa shape index (κ3) is 7.94. The van der Waals surface area contributed by atoms with E-state index in [2.05, 4.69) is 25.7 Å². The van der Waals surface area contributed by atoms with E-state index in [0.717, 1.165) is 26.2 Å². The molecule has 1 atom stereocenters. The van der Waals surface area contributed by atoms with E-state index in [4.69, 9.17) is 0 Å². The summed E-state index contributed by atoms with van der Waals surface area (Å²) >= 11 is 0. The molecule has 1 rings (SSSR count). The first-order chi connectivity index (χ1) is 12.1. The van der Waals surface area contributed by atoms with Crippen molar-refractivity contribution in [3.63, 3.8) is 0 Å². The summed E-state index contributed by atoms with van der Waals surface area (Å²) in [6.07, 6.45) is 16.9. The van der Waals surface area contributed by atoms with Crippen LogP contribution in [0.15, 0.2) is 12.2 Å². The van der Waals surface area contributed by atoms with Crippen LogP contribution >= 0.6 is 0 Å². The van der Waals surface area contributed by atoms with E-state index >= 15 is 0 Å². The number of amides is 1. The number of carbonyl (C=O) groups excluding carboxylic acids is 1. The maximum Gasteiger partial charge on any atom is 0.246 e. The fraction of sp³-hybridized carbons (Fsp3) is 0.864. The number of carbonyl (C=O) groups is 1. The maximum absolute atomic E-state index is 12.1. The fourth-order valence-corrected chi connectivity index (χ4v) is 4.02. The minimum absolute atomic E-state index is 0.175. The molecule has 1 saturated heterocycles. The van der Waals surface area contributed by atoms with Crippen LogP contribution in [0.25, 0.3) is 0 Å². The van der Waals surface area contributed by atoms with Crippen molar-refractivity contribution in [2.24, 2.45) is 0 Å². The van der Waals surface area contributed by atoms with Crippen LogP contribution in [-0.4, -0.2) is 47.4 Å². The van der Waals surface area contributed by atoms with Crippen LogP contribution in [0.3, 0.4) is 0 Å². The minimum Gasteiger partial charge on any atom is -0.337 e. The summed E-state index contributed by atoms with van der Waals surface area (Å²) in [6, 6.07) is 0. The molecule has 1 aliphatic heterocycles. The number of hydrogen-bond acceptors (Lipinski definition) is 2. The molecule has 0 saturated carbocycles. The van der Waals surface area contributed by atoms with Crippen molar-refractivity contribution in [1.82, 2.24) is 9.80 Å². The highest BCUT2D eigenvalue weighted by molar-refractivity contribution is 5.87. The first-order valence-electron chi connectivity index (χ1n) is 10.7. The molecule has 1 fully saturated rings. The van der Waals surface area contributed by atoms with Crippen LogP contribution in [0.4, 0.5) is 0 Å². The summed E-state index contributed by atoms with van der Waals surface area (Å²) in [5, 5.41) is 0. The summed E-state index contributed by atoms with van der Waals surface area (Å²) in [5.41, 5.74) is 0.317. The van der Waals surface area contributed by atoms with Crippen LogP contribution < -0.4 is 0 Å². The number of allylic oxidation sites excluding steroid dienone is 1. The molecule has 0 N–H and O–H groups in total. The first-order valence-corrected chi connectivity index (χ1v) is 10.7. The molecule has 1 heterocycles. The molecule has 0 spiro atoms. The predicted molar refractivity (Wildman–Crippen MR) is 109 cm³/mol. The predicted octanol–water partition coefficient (Wildman–Crippen LogP) is 5.41. The maximum atomic E-state index is 12.1. The molecule has 3 nitrogen and oxygen atoms in total. The summed E-state index contributed by atoms with van der Waals surface area (Å²) in [6.45, 7) is 12.8. The Hall–Kier alpha value is -0.830. The van der Waals surface area contributed by atoms with Crippen LogP contribution in [-0.2, 0) is 4.79 Å². The number of piperazine rings is 1. The zero-order chi connectivity index (χ0) is 18.5. The summed E-state index contributed by atoms with van der Waals surface area (Å²) in [4.78, 5) is 16.7. The average Bonchev–Trinajstić information content (AvgIpc) is 2.62. The molecule has 0 aromatic carbocycles. The normalized spacial score (nSPS) is 18.6. The van der Waals surface area contributed by atoms with E-state index in [1.165, 1.54) is 64.2 Å². The summed E-state index contributed by atoms with van der Waals surface area (Å²) in [7, 11) is 0. The van der Waals surface area contributed by atoms with Gasteiger partial charge in [-0.1, -0.05) is 71.3 Å². The minimum atomic E-state index is 0.175. The molecule has 0 aromatic rings. The van der Waals surface area contributed by atoms with Crippen LogP contribution in [0.2, 0.25) is 0 Å². The molecule has 0 aromatic heterocycles. The molecule has 3 heteroatoms. The first kappa shape index (κ1) is 22.2. The molecule has 1 amide bonds. The van der Waals surface area contributed by atoms with Gasteiger partial charge in [-0.25, -0.2) is 0 Å². The lowest BCUT2D eigenvalue weighted by molar-refractivity contribution is -0.128. The molecule has 1 unspecified atom stereocenters. The zero-order valence-corrected chi connectivity index (χ0v) is 17.4. The van der Waals surface area contributed by atoms with E-state index in [1.807, 2.05) is 17.9 Å². The van der Waals surface area contributed by atoms with E-state index in [0.29, 0.717) is 5.54 Å². The molecule has 0 aliphatic carbocycles. The lowest BCUT2D eigenvalue weighted by Gasteiger charge is -2.46. The fourth-order valence-electron chi connectivity index (χ4n) is 4.02. The molecule has 0 radical (unpaired) electrons. The van der Waals surface area contributed by atoms with E-state index in [1.54, 1.807) is 6.08 Å². The summed E-state index contributed by atoms with van der Waals surface area (Å²) < 4.78 is 0. The van der Waals surface area contributed by atoms with Gasteiger partial charge in [0.2, 0.25) is 5.91 Å². The number of hydrogen-bond donors (Lipinski definition) is 0. The summed E-state index contributed by atoms with van der Waals surface area (Å²) in [5.74, 6) is 0.175. The van der Waals surface area contributed by atoms with Crippen molar-refractivity contribution in [3.05, 3.63) is 12.2 Å². The van der Waals surface area contributed by atoms with Crippen LogP contribution in [0.5, 0.6) is 0 Å². The van der Waals surface area contributed by atoms with Gasteiger partial charge in [-0.2, -0.15) is 0 Å². The van der Waals surface area contributed by atoms with Crippen molar-refractivity contribution < 1.29 is 4.79 Å². The van der Waals surface area contributed by atoms with Crippen LogP contribution in [0.1, 0.15) is 91.9 Å². The smallest absolute Gasteiger partial charge is 0.246 e. The lowest BCUT2D eigenvalue weighted by atomic mass is 9.86. The largest absolute Gasteiger partial charge is 0.337 e. The lowest BCUT2D eigenvalue weighted by Crippen LogP contribution is -2.56. The number of rotatable bonds is 12.